The lowest BCUT2D eigenvalue weighted by atomic mass is 9.94. The van der Waals surface area contributed by atoms with Gasteiger partial charge >= 0.3 is 5.97 Å². The minimum atomic E-state index is -0.869. The minimum absolute atomic E-state index is 0.000770. The molecule has 1 saturated heterocycles. The Hall–Kier alpha value is -1.61. The first-order chi connectivity index (χ1) is 13.1. The molecule has 7 nitrogen and oxygen atoms in total. The smallest absolute Gasteiger partial charge is 0.308 e. The van der Waals surface area contributed by atoms with Crippen LogP contribution in [0.1, 0.15) is 45.4 Å². The van der Waals surface area contributed by atoms with Crippen molar-refractivity contribution in [2.24, 2.45) is 0 Å². The van der Waals surface area contributed by atoms with Crippen molar-refractivity contribution in [3.63, 3.8) is 0 Å². The number of esters is 1. The number of nitrogens with zero attached hydrogens (tertiary/aromatic N) is 3. The number of aromatic nitrogens is 1. The summed E-state index contributed by atoms with van der Waals surface area (Å²) in [4.78, 5) is 44.4. The molecule has 1 aromatic heterocycles. The molecule has 9 heteroatoms. The molecule has 2 heterocycles. The summed E-state index contributed by atoms with van der Waals surface area (Å²) < 4.78 is 5.38. The normalized spacial score (nSPS) is 19.1. The maximum Gasteiger partial charge on any atom is 0.308 e. The third kappa shape index (κ3) is 5.22. The molecule has 0 radical (unpaired) electrons. The molecular formula is C18H25N3O4S2. The molecule has 1 aliphatic carbocycles. The number of thioether (sulfide) groups is 1. The van der Waals surface area contributed by atoms with Crippen molar-refractivity contribution in [3.8, 4) is 0 Å². The van der Waals surface area contributed by atoms with E-state index in [-0.39, 0.29) is 23.6 Å². The summed E-state index contributed by atoms with van der Waals surface area (Å²) in [6.07, 6.45) is 6.18. The van der Waals surface area contributed by atoms with E-state index in [0.717, 1.165) is 31.4 Å². The Morgan fingerprint density at radius 1 is 1.37 bits per heavy atom. The molecule has 2 aliphatic rings. The second kappa shape index (κ2) is 9.54. The molecular weight excluding hydrogens is 386 g/mol. The Labute approximate surface area is 167 Å². The Balaban J connectivity index is 1.57. The molecule has 1 aromatic rings. The van der Waals surface area contributed by atoms with Crippen molar-refractivity contribution in [3.05, 3.63) is 11.6 Å². The first kappa shape index (κ1) is 20.1. The predicted molar refractivity (Wildman–Crippen MR) is 106 cm³/mol. The quantitative estimate of drug-likeness (QED) is 0.641. The van der Waals surface area contributed by atoms with Crippen LogP contribution in [0, 0.1) is 0 Å². The van der Waals surface area contributed by atoms with Crippen LogP contribution in [0.5, 0.6) is 0 Å². The molecule has 1 atom stereocenters. The van der Waals surface area contributed by atoms with Crippen LogP contribution >= 0.6 is 23.1 Å². The maximum absolute atomic E-state index is 13.0. The van der Waals surface area contributed by atoms with Crippen molar-refractivity contribution < 1.29 is 19.1 Å². The van der Waals surface area contributed by atoms with Gasteiger partial charge in [-0.25, -0.2) is 4.98 Å². The Kier molecular flexibility index (Phi) is 7.12. The van der Waals surface area contributed by atoms with Gasteiger partial charge in [0, 0.05) is 36.5 Å². The van der Waals surface area contributed by atoms with Gasteiger partial charge in [-0.2, -0.15) is 0 Å². The summed E-state index contributed by atoms with van der Waals surface area (Å²) in [6.45, 7) is 2.61. The van der Waals surface area contributed by atoms with Gasteiger partial charge in [0.2, 0.25) is 0 Å². The van der Waals surface area contributed by atoms with Crippen LogP contribution in [0.3, 0.4) is 0 Å². The number of hydrogen-bond acceptors (Lipinski definition) is 7. The zero-order chi connectivity index (χ0) is 19.2. The molecule has 148 valence electrons. The first-order valence-corrected chi connectivity index (χ1v) is 11.3. The molecule has 27 heavy (non-hydrogen) atoms. The summed E-state index contributed by atoms with van der Waals surface area (Å²) in [6, 6.07) is 0.109. The van der Waals surface area contributed by atoms with E-state index in [0.29, 0.717) is 18.2 Å². The SMILES string of the molecule is CC(OC(=O)CCN1CCSC1=O)C(=O)N(c1nccs1)C1CCCCC1. The standard InChI is InChI=1S/C18H25N3O4S2/c1-13(25-15(22)7-9-20-10-12-27-18(20)24)16(23)21(17-19-8-11-26-17)14-5-3-2-4-6-14/h8,11,13-14H,2-7,9-10,12H2,1H3. The Bertz CT molecular complexity index is 662. The van der Waals surface area contributed by atoms with E-state index < -0.39 is 12.1 Å². The zero-order valence-corrected chi connectivity index (χ0v) is 17.1. The fourth-order valence-electron chi connectivity index (χ4n) is 3.46. The Morgan fingerprint density at radius 2 is 2.15 bits per heavy atom. The van der Waals surface area contributed by atoms with Crippen LogP contribution in [-0.4, -0.2) is 58.0 Å². The summed E-state index contributed by atoms with van der Waals surface area (Å²) in [7, 11) is 0. The summed E-state index contributed by atoms with van der Waals surface area (Å²) in [5.41, 5.74) is 0. The lowest BCUT2D eigenvalue weighted by Crippen LogP contribution is -2.47. The summed E-state index contributed by atoms with van der Waals surface area (Å²) >= 11 is 2.69. The molecule has 3 rings (SSSR count). The van der Waals surface area contributed by atoms with Gasteiger partial charge in [-0.05, 0) is 19.8 Å². The van der Waals surface area contributed by atoms with Gasteiger partial charge in [0.1, 0.15) is 0 Å². The third-order valence-electron chi connectivity index (χ3n) is 4.89. The number of thiazole rings is 1. The molecule has 1 saturated carbocycles. The van der Waals surface area contributed by atoms with Crippen molar-refractivity contribution in [2.45, 2.75) is 57.6 Å². The maximum atomic E-state index is 13.0. The monoisotopic (exact) mass is 411 g/mol. The van der Waals surface area contributed by atoms with Crippen LogP contribution in [0.4, 0.5) is 9.93 Å². The average molecular weight is 412 g/mol. The minimum Gasteiger partial charge on any atom is -0.452 e. The van der Waals surface area contributed by atoms with E-state index in [9.17, 15) is 14.4 Å². The number of hydrogen-bond donors (Lipinski definition) is 0. The van der Waals surface area contributed by atoms with Gasteiger partial charge in [0.15, 0.2) is 11.2 Å². The van der Waals surface area contributed by atoms with Gasteiger partial charge < -0.3 is 9.64 Å². The molecule has 2 amide bonds. The molecule has 0 bridgehead atoms. The van der Waals surface area contributed by atoms with Crippen LogP contribution in [0.15, 0.2) is 11.6 Å². The highest BCUT2D eigenvalue weighted by Gasteiger charge is 2.33. The molecule has 0 spiro atoms. The van der Waals surface area contributed by atoms with E-state index in [4.69, 9.17) is 4.74 Å². The number of carbonyl (C=O) groups is 3. The van der Waals surface area contributed by atoms with Crippen LogP contribution in [-0.2, 0) is 14.3 Å². The van der Waals surface area contributed by atoms with E-state index in [1.165, 1.54) is 29.5 Å². The van der Waals surface area contributed by atoms with Gasteiger partial charge in [0.25, 0.3) is 11.1 Å². The molecule has 2 fully saturated rings. The van der Waals surface area contributed by atoms with Gasteiger partial charge in [-0.1, -0.05) is 31.0 Å². The fourth-order valence-corrected chi connectivity index (χ4v) is 5.03. The van der Waals surface area contributed by atoms with Crippen molar-refractivity contribution in [2.75, 3.05) is 23.7 Å². The summed E-state index contributed by atoms with van der Waals surface area (Å²) in [5.74, 6) is 0.0775. The first-order valence-electron chi connectivity index (χ1n) is 9.40. The van der Waals surface area contributed by atoms with Crippen molar-refractivity contribution in [1.29, 1.82) is 0 Å². The number of carbonyl (C=O) groups excluding carboxylic acids is 3. The largest absolute Gasteiger partial charge is 0.452 e. The van der Waals surface area contributed by atoms with Crippen molar-refractivity contribution in [1.82, 2.24) is 9.88 Å². The molecule has 0 aromatic carbocycles. The molecule has 1 unspecified atom stereocenters. The second-order valence-corrected chi connectivity index (χ2v) is 8.72. The van der Waals surface area contributed by atoms with Crippen LogP contribution in [0.25, 0.3) is 0 Å². The van der Waals surface area contributed by atoms with E-state index in [1.54, 1.807) is 22.9 Å². The van der Waals surface area contributed by atoms with Crippen molar-refractivity contribution >= 4 is 45.3 Å². The lowest BCUT2D eigenvalue weighted by Gasteiger charge is -2.33. The van der Waals surface area contributed by atoms with Gasteiger partial charge in [-0.3, -0.25) is 19.3 Å². The number of anilines is 1. The summed E-state index contributed by atoms with van der Waals surface area (Å²) in [5, 5.41) is 2.51. The third-order valence-corrected chi connectivity index (χ3v) is 6.55. The second-order valence-electron chi connectivity index (χ2n) is 6.80. The lowest BCUT2D eigenvalue weighted by molar-refractivity contribution is -0.154. The highest BCUT2D eigenvalue weighted by atomic mass is 32.2. The van der Waals surface area contributed by atoms with Gasteiger partial charge in [0.05, 0.1) is 6.42 Å². The van der Waals surface area contributed by atoms with Gasteiger partial charge in [-0.15, -0.1) is 11.3 Å². The highest BCUT2D eigenvalue weighted by Crippen LogP contribution is 2.29. The van der Waals surface area contributed by atoms with E-state index in [1.807, 2.05) is 5.38 Å². The average Bonchev–Trinajstić information content (AvgIpc) is 3.33. The van der Waals surface area contributed by atoms with Crippen LogP contribution in [0.2, 0.25) is 0 Å². The van der Waals surface area contributed by atoms with Crippen LogP contribution < -0.4 is 4.90 Å². The topological polar surface area (TPSA) is 79.8 Å². The molecule has 1 aliphatic heterocycles. The number of ether oxygens (including phenoxy) is 1. The Morgan fingerprint density at radius 3 is 2.78 bits per heavy atom. The zero-order valence-electron chi connectivity index (χ0n) is 15.5. The predicted octanol–water partition coefficient (Wildman–Crippen LogP) is 3.30. The van der Waals surface area contributed by atoms with E-state index in [2.05, 4.69) is 4.98 Å². The number of amides is 2. The fraction of sp³-hybridized carbons (Fsp3) is 0.667. The highest BCUT2D eigenvalue weighted by molar-refractivity contribution is 8.13. The number of rotatable bonds is 7. The van der Waals surface area contributed by atoms with E-state index >= 15 is 0 Å². The molecule has 0 N–H and O–H groups in total.